The largest absolute Gasteiger partial charge is 0.481 e. The molecule has 0 radical (unpaired) electrons. The van der Waals surface area contributed by atoms with Gasteiger partial charge in [0.15, 0.2) is 0 Å². The number of nitrogens with one attached hydrogen (secondary N) is 1. The molecule has 1 aromatic carbocycles. The van der Waals surface area contributed by atoms with Crippen molar-refractivity contribution in [2.24, 2.45) is 0 Å². The van der Waals surface area contributed by atoms with E-state index in [4.69, 9.17) is 5.11 Å². The number of benzene rings is 1. The van der Waals surface area contributed by atoms with Crippen molar-refractivity contribution >= 4 is 17.6 Å². The Morgan fingerprint density at radius 3 is 2.27 bits per heavy atom. The Bertz CT molecular complexity index is 544. The minimum atomic E-state index is -1.28. The van der Waals surface area contributed by atoms with Crippen LogP contribution >= 0.6 is 0 Å². The number of aliphatic carboxylic acids is 1. The molecular weight excluding hydrogens is 296 g/mol. The van der Waals surface area contributed by atoms with Crippen molar-refractivity contribution < 1.29 is 29.8 Å². The molecule has 0 aliphatic heterocycles. The maximum Gasteiger partial charge on any atom is 0.303 e. The van der Waals surface area contributed by atoms with Gasteiger partial charge in [-0.15, -0.1) is 0 Å². The lowest BCUT2D eigenvalue weighted by atomic mass is 10.0. The van der Waals surface area contributed by atoms with E-state index in [-0.39, 0.29) is 24.1 Å². The van der Waals surface area contributed by atoms with Crippen LogP contribution in [0, 0.1) is 10.1 Å². The summed E-state index contributed by atoms with van der Waals surface area (Å²) in [4.78, 5) is 31.8. The lowest BCUT2D eigenvalue weighted by Crippen LogP contribution is -2.42. The Morgan fingerprint density at radius 1 is 1.23 bits per heavy atom. The van der Waals surface area contributed by atoms with Crippen molar-refractivity contribution in [2.45, 2.75) is 25.0 Å². The van der Waals surface area contributed by atoms with Crippen LogP contribution in [0.15, 0.2) is 24.3 Å². The molecule has 0 fully saturated rings. The van der Waals surface area contributed by atoms with Crippen LogP contribution in [0.1, 0.15) is 24.5 Å². The van der Waals surface area contributed by atoms with Crippen molar-refractivity contribution in [1.82, 2.24) is 5.32 Å². The number of nitro benzene ring substituents is 1. The number of amides is 1. The van der Waals surface area contributed by atoms with Gasteiger partial charge in [-0.05, 0) is 17.7 Å². The van der Waals surface area contributed by atoms with Crippen LogP contribution in [0.5, 0.6) is 0 Å². The molecule has 22 heavy (non-hydrogen) atoms. The first-order chi connectivity index (χ1) is 10.3. The van der Waals surface area contributed by atoms with Crippen LogP contribution in [0.4, 0.5) is 5.69 Å². The molecule has 0 saturated carbocycles. The van der Waals surface area contributed by atoms with Gasteiger partial charge in [0, 0.05) is 18.6 Å². The number of carbonyl (C=O) groups is 2. The predicted molar refractivity (Wildman–Crippen MR) is 73.9 cm³/mol. The van der Waals surface area contributed by atoms with Crippen molar-refractivity contribution in [3.8, 4) is 0 Å². The average Bonchev–Trinajstić information content (AvgIpc) is 2.50. The predicted octanol–water partition coefficient (Wildman–Crippen LogP) is -0.0299. The van der Waals surface area contributed by atoms with E-state index in [0.29, 0.717) is 0 Å². The van der Waals surface area contributed by atoms with Crippen molar-refractivity contribution in [1.29, 1.82) is 0 Å². The van der Waals surface area contributed by atoms with E-state index in [1.807, 2.05) is 0 Å². The number of carbonyl (C=O) groups excluding carboxylic acids is 1. The fraction of sp³-hybridized carbons (Fsp3) is 0.385. The summed E-state index contributed by atoms with van der Waals surface area (Å²) < 4.78 is 0. The van der Waals surface area contributed by atoms with Crippen molar-refractivity contribution in [3.05, 3.63) is 39.9 Å². The van der Waals surface area contributed by atoms with Crippen LogP contribution in [0.25, 0.3) is 0 Å². The Morgan fingerprint density at radius 2 is 1.82 bits per heavy atom. The highest BCUT2D eigenvalue weighted by Gasteiger charge is 2.23. The van der Waals surface area contributed by atoms with Crippen LogP contribution in [0.2, 0.25) is 0 Å². The maximum absolute atomic E-state index is 11.5. The summed E-state index contributed by atoms with van der Waals surface area (Å²) in [5.74, 6) is -1.76. The third-order valence-electron chi connectivity index (χ3n) is 2.94. The number of aliphatic hydroxyl groups excluding tert-OH is 2. The van der Waals surface area contributed by atoms with Gasteiger partial charge < -0.3 is 20.6 Å². The van der Waals surface area contributed by atoms with E-state index in [1.165, 1.54) is 24.3 Å². The molecule has 9 nitrogen and oxygen atoms in total. The fourth-order valence-electron chi connectivity index (χ4n) is 1.75. The molecule has 1 rings (SSSR count). The number of carboxylic acid groups (broad SMARTS) is 1. The van der Waals surface area contributed by atoms with E-state index < -0.39 is 35.6 Å². The number of rotatable bonds is 8. The highest BCUT2D eigenvalue weighted by atomic mass is 16.6. The number of nitrogens with zero attached hydrogens (tertiary/aromatic N) is 1. The van der Waals surface area contributed by atoms with Gasteiger partial charge in [-0.25, -0.2) is 0 Å². The number of aliphatic hydroxyl groups is 2. The minimum Gasteiger partial charge on any atom is -0.481 e. The Hall–Kier alpha value is -2.52. The molecule has 1 amide bonds. The molecule has 2 unspecified atom stereocenters. The molecular formula is C13H16N2O7. The van der Waals surface area contributed by atoms with Crippen molar-refractivity contribution in [2.75, 3.05) is 6.61 Å². The molecule has 0 aliphatic rings. The standard InChI is InChI=1S/C13H16N2O7/c16-7-10(14-11(17)5-6-12(18)19)13(20)8-1-3-9(4-2-8)15(21)22/h1-4,10,13,16,20H,5-7H2,(H,14,17)(H,18,19). The second-order valence-electron chi connectivity index (χ2n) is 4.54. The number of nitro groups is 1. The second kappa shape index (κ2) is 8.05. The quantitative estimate of drug-likeness (QED) is 0.389. The summed E-state index contributed by atoms with van der Waals surface area (Å²) >= 11 is 0. The van der Waals surface area contributed by atoms with Crippen LogP contribution in [0.3, 0.4) is 0 Å². The lowest BCUT2D eigenvalue weighted by Gasteiger charge is -2.22. The van der Waals surface area contributed by atoms with E-state index in [1.54, 1.807) is 0 Å². The summed E-state index contributed by atoms with van der Waals surface area (Å²) in [6.07, 6.45) is -1.92. The molecule has 0 aromatic heterocycles. The zero-order valence-electron chi connectivity index (χ0n) is 11.5. The zero-order valence-corrected chi connectivity index (χ0v) is 11.5. The number of non-ortho nitro benzene ring substituents is 1. The van der Waals surface area contributed by atoms with Gasteiger partial charge in [-0.1, -0.05) is 0 Å². The summed E-state index contributed by atoms with van der Waals surface area (Å²) in [6, 6.07) is 3.98. The van der Waals surface area contributed by atoms with Gasteiger partial charge in [0.25, 0.3) is 5.69 Å². The highest BCUT2D eigenvalue weighted by molar-refractivity contribution is 5.80. The summed E-state index contributed by atoms with van der Waals surface area (Å²) in [7, 11) is 0. The van der Waals surface area contributed by atoms with E-state index in [9.17, 15) is 29.9 Å². The maximum atomic E-state index is 11.5. The third-order valence-corrected chi connectivity index (χ3v) is 2.94. The molecule has 0 bridgehead atoms. The Labute approximate surface area is 125 Å². The van der Waals surface area contributed by atoms with Gasteiger partial charge in [0.05, 0.1) is 24.0 Å². The first kappa shape index (κ1) is 17.5. The fourth-order valence-corrected chi connectivity index (χ4v) is 1.75. The molecule has 0 heterocycles. The number of hydrogen-bond donors (Lipinski definition) is 4. The third kappa shape index (κ3) is 5.11. The van der Waals surface area contributed by atoms with E-state index in [2.05, 4.69) is 5.32 Å². The summed E-state index contributed by atoms with van der Waals surface area (Å²) in [5.41, 5.74) is 0.130. The average molecular weight is 312 g/mol. The normalized spacial score (nSPS) is 13.2. The lowest BCUT2D eigenvalue weighted by molar-refractivity contribution is -0.384. The topological polar surface area (TPSA) is 150 Å². The van der Waals surface area contributed by atoms with Crippen LogP contribution in [-0.4, -0.2) is 44.8 Å². The first-order valence-electron chi connectivity index (χ1n) is 6.39. The molecule has 1 aromatic rings. The van der Waals surface area contributed by atoms with Gasteiger partial charge in [0.1, 0.15) is 6.10 Å². The molecule has 0 aliphatic carbocycles. The summed E-state index contributed by atoms with van der Waals surface area (Å²) in [6.45, 7) is -0.572. The molecule has 0 saturated heterocycles. The Kier molecular flexibility index (Phi) is 6.42. The van der Waals surface area contributed by atoms with Crippen molar-refractivity contribution in [3.63, 3.8) is 0 Å². The van der Waals surface area contributed by atoms with Gasteiger partial charge >= 0.3 is 5.97 Å². The van der Waals surface area contributed by atoms with Gasteiger partial charge in [-0.3, -0.25) is 19.7 Å². The van der Waals surface area contributed by atoms with Gasteiger partial charge in [0.2, 0.25) is 5.91 Å². The zero-order chi connectivity index (χ0) is 16.7. The highest BCUT2D eigenvalue weighted by Crippen LogP contribution is 2.20. The molecule has 120 valence electrons. The molecule has 2 atom stereocenters. The summed E-state index contributed by atoms with van der Waals surface area (Å²) in [5, 5.41) is 40.6. The monoisotopic (exact) mass is 312 g/mol. The minimum absolute atomic E-state index is 0.151. The van der Waals surface area contributed by atoms with Crippen LogP contribution in [-0.2, 0) is 9.59 Å². The molecule has 9 heteroatoms. The van der Waals surface area contributed by atoms with Crippen LogP contribution < -0.4 is 5.32 Å². The number of carboxylic acids is 1. The Balaban J connectivity index is 2.70. The SMILES string of the molecule is O=C(O)CCC(=O)NC(CO)C(O)c1ccc([N+](=O)[O-])cc1. The first-order valence-corrected chi connectivity index (χ1v) is 6.39. The second-order valence-corrected chi connectivity index (χ2v) is 4.54. The molecule has 0 spiro atoms. The molecule has 4 N–H and O–H groups in total. The van der Waals surface area contributed by atoms with E-state index >= 15 is 0 Å². The van der Waals surface area contributed by atoms with Gasteiger partial charge in [-0.2, -0.15) is 0 Å². The number of hydrogen-bond acceptors (Lipinski definition) is 6. The smallest absolute Gasteiger partial charge is 0.303 e. The van der Waals surface area contributed by atoms with E-state index in [0.717, 1.165) is 0 Å².